The lowest BCUT2D eigenvalue weighted by molar-refractivity contribution is -0.132. The SMILES string of the molecule is COc1ccc(C(=O)CCCC(=O)N2CCN(S(=O)(=O)N3CCOCC3)CC2)cc1. The molecule has 0 unspecified atom stereocenters. The van der Waals surface area contributed by atoms with E-state index < -0.39 is 10.2 Å². The maximum absolute atomic E-state index is 12.7. The van der Waals surface area contributed by atoms with Gasteiger partial charge in [0.1, 0.15) is 5.75 Å². The molecule has 0 saturated carbocycles. The monoisotopic (exact) mass is 439 g/mol. The molecule has 0 N–H and O–H groups in total. The summed E-state index contributed by atoms with van der Waals surface area (Å²) in [6.07, 6.45) is 1.04. The first-order valence-electron chi connectivity index (χ1n) is 10.2. The summed E-state index contributed by atoms with van der Waals surface area (Å²) in [6.45, 7) is 2.86. The van der Waals surface area contributed by atoms with Crippen molar-refractivity contribution < 1.29 is 27.5 Å². The van der Waals surface area contributed by atoms with E-state index in [-0.39, 0.29) is 31.2 Å². The Kier molecular flexibility index (Phi) is 7.81. The number of hydrogen-bond acceptors (Lipinski definition) is 6. The molecule has 1 amide bonds. The van der Waals surface area contributed by atoms with Gasteiger partial charge in [0.2, 0.25) is 5.91 Å². The van der Waals surface area contributed by atoms with Gasteiger partial charge in [0, 0.05) is 57.7 Å². The molecule has 3 rings (SSSR count). The van der Waals surface area contributed by atoms with Gasteiger partial charge in [-0.3, -0.25) is 9.59 Å². The highest BCUT2D eigenvalue weighted by Crippen LogP contribution is 2.16. The van der Waals surface area contributed by atoms with Crippen LogP contribution in [0.3, 0.4) is 0 Å². The molecular formula is C20H29N3O6S. The number of piperazine rings is 1. The molecular weight excluding hydrogens is 410 g/mol. The number of rotatable bonds is 8. The molecule has 2 heterocycles. The summed E-state index contributed by atoms with van der Waals surface area (Å²) in [4.78, 5) is 26.4. The molecule has 1 aromatic carbocycles. The summed E-state index contributed by atoms with van der Waals surface area (Å²) in [5.41, 5.74) is 0.602. The fourth-order valence-electron chi connectivity index (χ4n) is 3.59. The van der Waals surface area contributed by atoms with E-state index in [9.17, 15) is 18.0 Å². The molecule has 0 bridgehead atoms. The number of morpholine rings is 1. The zero-order chi connectivity index (χ0) is 21.6. The zero-order valence-electron chi connectivity index (χ0n) is 17.3. The Balaban J connectivity index is 1.41. The van der Waals surface area contributed by atoms with Crippen molar-refractivity contribution in [2.45, 2.75) is 19.3 Å². The lowest BCUT2D eigenvalue weighted by Crippen LogP contribution is -2.55. The average Bonchev–Trinajstić information content (AvgIpc) is 2.79. The van der Waals surface area contributed by atoms with Crippen molar-refractivity contribution in [2.75, 3.05) is 59.6 Å². The van der Waals surface area contributed by atoms with Crippen molar-refractivity contribution >= 4 is 21.9 Å². The Morgan fingerprint density at radius 2 is 1.53 bits per heavy atom. The third-order valence-corrected chi connectivity index (χ3v) is 7.46. The molecule has 0 aromatic heterocycles. The first-order chi connectivity index (χ1) is 14.4. The van der Waals surface area contributed by atoms with Gasteiger partial charge >= 0.3 is 0 Å². The van der Waals surface area contributed by atoms with Crippen LogP contribution in [0, 0.1) is 0 Å². The Hall–Kier alpha value is -2.01. The molecule has 2 fully saturated rings. The van der Waals surface area contributed by atoms with Crippen molar-refractivity contribution in [1.82, 2.24) is 13.5 Å². The molecule has 0 aliphatic carbocycles. The van der Waals surface area contributed by atoms with Gasteiger partial charge in [-0.1, -0.05) is 0 Å². The van der Waals surface area contributed by atoms with Gasteiger partial charge in [-0.25, -0.2) is 0 Å². The summed E-state index contributed by atoms with van der Waals surface area (Å²) in [6, 6.07) is 6.92. The standard InChI is InChI=1S/C20H29N3O6S/c1-28-18-7-5-17(6-8-18)19(24)3-2-4-20(25)21-9-11-22(12-10-21)30(26,27)23-13-15-29-16-14-23/h5-8H,2-4,9-16H2,1H3. The van der Waals surface area contributed by atoms with Crippen LogP contribution >= 0.6 is 0 Å². The van der Waals surface area contributed by atoms with Crippen molar-refractivity contribution in [2.24, 2.45) is 0 Å². The second-order valence-electron chi connectivity index (χ2n) is 7.30. The quantitative estimate of drug-likeness (QED) is 0.555. The number of benzene rings is 1. The molecule has 0 spiro atoms. The highest BCUT2D eigenvalue weighted by atomic mass is 32.2. The van der Waals surface area contributed by atoms with Gasteiger partial charge in [0.15, 0.2) is 5.78 Å². The predicted octanol–water partition coefficient (Wildman–Crippen LogP) is 0.769. The van der Waals surface area contributed by atoms with Crippen LogP contribution in [0.15, 0.2) is 24.3 Å². The van der Waals surface area contributed by atoms with Crippen molar-refractivity contribution in [3.05, 3.63) is 29.8 Å². The number of amides is 1. The van der Waals surface area contributed by atoms with Crippen LogP contribution < -0.4 is 4.74 Å². The van der Waals surface area contributed by atoms with Crippen LogP contribution in [0.2, 0.25) is 0 Å². The van der Waals surface area contributed by atoms with E-state index in [1.165, 1.54) is 8.61 Å². The van der Waals surface area contributed by atoms with E-state index in [1.54, 1.807) is 36.3 Å². The van der Waals surface area contributed by atoms with Gasteiger partial charge in [-0.2, -0.15) is 17.0 Å². The molecule has 0 radical (unpaired) electrons. The number of Topliss-reactive ketones (excluding diaryl/α,β-unsaturated/α-hetero) is 1. The normalized spacial score (nSPS) is 18.9. The second-order valence-corrected chi connectivity index (χ2v) is 9.23. The molecule has 0 atom stereocenters. The van der Waals surface area contributed by atoms with Crippen LogP contribution in [0.1, 0.15) is 29.6 Å². The Bertz CT molecular complexity index is 829. The molecule has 166 valence electrons. The van der Waals surface area contributed by atoms with Gasteiger partial charge in [0.05, 0.1) is 20.3 Å². The summed E-state index contributed by atoms with van der Waals surface area (Å²) >= 11 is 0. The highest BCUT2D eigenvalue weighted by molar-refractivity contribution is 7.86. The van der Waals surface area contributed by atoms with E-state index in [4.69, 9.17) is 9.47 Å². The van der Waals surface area contributed by atoms with Crippen molar-refractivity contribution in [3.8, 4) is 5.75 Å². The van der Waals surface area contributed by atoms with Crippen molar-refractivity contribution in [3.63, 3.8) is 0 Å². The van der Waals surface area contributed by atoms with Crippen LogP contribution in [0.4, 0.5) is 0 Å². The molecule has 2 aliphatic rings. The number of hydrogen-bond donors (Lipinski definition) is 0. The number of methoxy groups -OCH3 is 1. The summed E-state index contributed by atoms with van der Waals surface area (Å²) < 4.78 is 38.6. The first kappa shape index (κ1) is 22.7. The fraction of sp³-hybridized carbons (Fsp3) is 0.600. The zero-order valence-corrected chi connectivity index (χ0v) is 18.1. The van der Waals surface area contributed by atoms with E-state index in [0.717, 1.165) is 0 Å². The Labute approximate surface area is 177 Å². The topological polar surface area (TPSA) is 96.5 Å². The molecule has 30 heavy (non-hydrogen) atoms. The van der Waals surface area contributed by atoms with Crippen LogP contribution in [-0.4, -0.2) is 93.2 Å². The number of ketones is 1. The smallest absolute Gasteiger partial charge is 0.282 e. The number of nitrogens with zero attached hydrogens (tertiary/aromatic N) is 3. The minimum atomic E-state index is -3.50. The van der Waals surface area contributed by atoms with Crippen LogP contribution in [-0.2, 0) is 19.7 Å². The minimum absolute atomic E-state index is 0.00752. The largest absolute Gasteiger partial charge is 0.497 e. The maximum Gasteiger partial charge on any atom is 0.282 e. The minimum Gasteiger partial charge on any atom is -0.497 e. The van der Waals surface area contributed by atoms with E-state index in [2.05, 4.69) is 0 Å². The molecule has 10 heteroatoms. The predicted molar refractivity (Wildman–Crippen MR) is 111 cm³/mol. The first-order valence-corrected chi connectivity index (χ1v) is 11.6. The third-order valence-electron chi connectivity index (χ3n) is 5.42. The summed E-state index contributed by atoms with van der Waals surface area (Å²) in [5, 5.41) is 0. The van der Waals surface area contributed by atoms with Crippen LogP contribution in [0.5, 0.6) is 5.75 Å². The second kappa shape index (κ2) is 10.3. The molecule has 2 saturated heterocycles. The highest BCUT2D eigenvalue weighted by Gasteiger charge is 2.34. The van der Waals surface area contributed by atoms with E-state index in [0.29, 0.717) is 63.5 Å². The van der Waals surface area contributed by atoms with Gasteiger partial charge in [-0.05, 0) is 30.7 Å². The average molecular weight is 440 g/mol. The third kappa shape index (κ3) is 5.57. The van der Waals surface area contributed by atoms with Crippen LogP contribution in [0.25, 0.3) is 0 Å². The Morgan fingerprint density at radius 1 is 0.933 bits per heavy atom. The lowest BCUT2D eigenvalue weighted by atomic mass is 10.0. The number of ether oxygens (including phenoxy) is 2. The number of carbonyl (C=O) groups excluding carboxylic acids is 2. The maximum atomic E-state index is 12.7. The van der Waals surface area contributed by atoms with Gasteiger partial charge in [0.25, 0.3) is 10.2 Å². The Morgan fingerprint density at radius 3 is 2.13 bits per heavy atom. The summed E-state index contributed by atoms with van der Waals surface area (Å²) in [7, 11) is -1.93. The molecule has 1 aromatic rings. The van der Waals surface area contributed by atoms with E-state index >= 15 is 0 Å². The fourth-order valence-corrected chi connectivity index (χ4v) is 5.15. The number of carbonyl (C=O) groups is 2. The lowest BCUT2D eigenvalue weighted by Gasteiger charge is -2.37. The van der Waals surface area contributed by atoms with Gasteiger partial charge < -0.3 is 14.4 Å². The molecule has 9 nitrogen and oxygen atoms in total. The summed E-state index contributed by atoms with van der Waals surface area (Å²) in [5.74, 6) is 0.643. The van der Waals surface area contributed by atoms with Gasteiger partial charge in [-0.15, -0.1) is 0 Å². The molecule has 2 aliphatic heterocycles. The van der Waals surface area contributed by atoms with Crippen molar-refractivity contribution in [1.29, 1.82) is 0 Å². The van der Waals surface area contributed by atoms with E-state index in [1.807, 2.05) is 0 Å².